The van der Waals surface area contributed by atoms with E-state index in [4.69, 9.17) is 0 Å². The first-order valence-corrected chi connectivity index (χ1v) is 5.90. The minimum absolute atomic E-state index is 0.142. The molecule has 1 heterocycles. The summed E-state index contributed by atoms with van der Waals surface area (Å²) in [5.74, 6) is 0. The number of carbonyl (C=O) groups excluding carboxylic acids is 1. The van der Waals surface area contributed by atoms with Gasteiger partial charge in [0.25, 0.3) is 0 Å². The zero-order chi connectivity index (χ0) is 12.3. The van der Waals surface area contributed by atoms with E-state index >= 15 is 0 Å². The second kappa shape index (κ2) is 4.75. The van der Waals surface area contributed by atoms with E-state index in [1.807, 2.05) is 30.3 Å². The van der Waals surface area contributed by atoms with Crippen LogP contribution in [0.3, 0.4) is 0 Å². The van der Waals surface area contributed by atoms with E-state index in [0.29, 0.717) is 13.1 Å². The average Bonchev–Trinajstić information content (AvgIpc) is 2.29. The van der Waals surface area contributed by atoms with Crippen LogP contribution < -0.4 is 5.32 Å². The van der Waals surface area contributed by atoms with Crippen molar-refractivity contribution in [2.24, 2.45) is 0 Å². The summed E-state index contributed by atoms with van der Waals surface area (Å²) >= 11 is 0. The second-order valence-corrected chi connectivity index (χ2v) is 4.82. The molecule has 0 saturated carbocycles. The molecule has 1 atom stereocenters. The third kappa shape index (κ3) is 3.20. The molecule has 0 radical (unpaired) electrons. The predicted molar refractivity (Wildman–Crippen MR) is 66.9 cm³/mol. The van der Waals surface area contributed by atoms with Crippen molar-refractivity contribution in [1.82, 2.24) is 4.90 Å². The molecule has 0 bridgehead atoms. The lowest BCUT2D eigenvalue weighted by atomic mass is 9.95. The number of amides is 2. The van der Waals surface area contributed by atoms with Gasteiger partial charge in [0.15, 0.2) is 0 Å². The smallest absolute Gasteiger partial charge is 0.321 e. The van der Waals surface area contributed by atoms with Gasteiger partial charge in [-0.1, -0.05) is 18.2 Å². The maximum atomic E-state index is 12.0. The van der Waals surface area contributed by atoms with E-state index in [2.05, 4.69) is 5.32 Å². The quantitative estimate of drug-likeness (QED) is 0.781. The summed E-state index contributed by atoms with van der Waals surface area (Å²) in [4.78, 5) is 13.6. The van der Waals surface area contributed by atoms with Crippen molar-refractivity contribution in [3.8, 4) is 0 Å². The Kier molecular flexibility index (Phi) is 3.33. The molecule has 1 saturated heterocycles. The van der Waals surface area contributed by atoms with Gasteiger partial charge in [-0.15, -0.1) is 0 Å². The van der Waals surface area contributed by atoms with Gasteiger partial charge in [0.05, 0.1) is 12.1 Å². The molecule has 2 rings (SSSR count). The van der Waals surface area contributed by atoms with Crippen molar-refractivity contribution >= 4 is 11.7 Å². The van der Waals surface area contributed by atoms with Crippen LogP contribution in [0.4, 0.5) is 10.5 Å². The van der Waals surface area contributed by atoms with E-state index in [0.717, 1.165) is 18.5 Å². The molecule has 1 aliphatic rings. The molecular weight excluding hydrogens is 216 g/mol. The zero-order valence-corrected chi connectivity index (χ0v) is 10.0. The number of aliphatic hydroxyl groups is 1. The Bertz CT molecular complexity index is 390. The van der Waals surface area contributed by atoms with E-state index in [-0.39, 0.29) is 6.03 Å². The van der Waals surface area contributed by atoms with Gasteiger partial charge >= 0.3 is 6.03 Å². The van der Waals surface area contributed by atoms with E-state index in [1.165, 1.54) is 0 Å². The fraction of sp³-hybridized carbons (Fsp3) is 0.462. The van der Waals surface area contributed by atoms with Crippen LogP contribution in [-0.4, -0.2) is 34.7 Å². The number of nitrogens with one attached hydrogen (secondary N) is 1. The highest BCUT2D eigenvalue weighted by molar-refractivity contribution is 5.89. The summed E-state index contributed by atoms with van der Waals surface area (Å²) in [6.45, 7) is 2.87. The monoisotopic (exact) mass is 234 g/mol. The van der Waals surface area contributed by atoms with Gasteiger partial charge in [0.1, 0.15) is 0 Å². The maximum Gasteiger partial charge on any atom is 0.321 e. The molecule has 0 aliphatic carbocycles. The SMILES string of the molecule is CC1(O)CCCN(C(=O)Nc2ccccc2)C1. The van der Waals surface area contributed by atoms with Crippen molar-refractivity contribution in [2.75, 3.05) is 18.4 Å². The van der Waals surface area contributed by atoms with Crippen LogP contribution in [0.5, 0.6) is 0 Å². The van der Waals surface area contributed by atoms with Crippen molar-refractivity contribution in [1.29, 1.82) is 0 Å². The van der Waals surface area contributed by atoms with Gasteiger partial charge in [0, 0.05) is 12.2 Å². The first kappa shape index (κ1) is 11.9. The van der Waals surface area contributed by atoms with E-state index in [9.17, 15) is 9.90 Å². The summed E-state index contributed by atoms with van der Waals surface area (Å²) in [5, 5.41) is 12.8. The van der Waals surface area contributed by atoms with Crippen LogP contribution in [0.2, 0.25) is 0 Å². The Labute approximate surface area is 101 Å². The lowest BCUT2D eigenvalue weighted by Crippen LogP contribution is -2.49. The molecule has 2 N–H and O–H groups in total. The summed E-state index contributed by atoms with van der Waals surface area (Å²) in [7, 11) is 0. The number of hydrogen-bond acceptors (Lipinski definition) is 2. The largest absolute Gasteiger partial charge is 0.388 e. The van der Waals surface area contributed by atoms with Gasteiger partial charge < -0.3 is 15.3 Å². The Morgan fingerprint density at radius 3 is 2.76 bits per heavy atom. The van der Waals surface area contributed by atoms with Crippen molar-refractivity contribution < 1.29 is 9.90 Å². The van der Waals surface area contributed by atoms with Crippen molar-refractivity contribution in [3.05, 3.63) is 30.3 Å². The second-order valence-electron chi connectivity index (χ2n) is 4.82. The van der Waals surface area contributed by atoms with Crippen LogP contribution in [-0.2, 0) is 0 Å². The molecule has 4 nitrogen and oxygen atoms in total. The number of para-hydroxylation sites is 1. The predicted octanol–water partition coefficient (Wildman–Crippen LogP) is 2.07. The van der Waals surface area contributed by atoms with Gasteiger partial charge in [-0.25, -0.2) is 4.79 Å². The Hall–Kier alpha value is -1.55. The van der Waals surface area contributed by atoms with Gasteiger partial charge in [-0.2, -0.15) is 0 Å². The van der Waals surface area contributed by atoms with Crippen LogP contribution >= 0.6 is 0 Å². The van der Waals surface area contributed by atoms with Gasteiger partial charge in [0.2, 0.25) is 0 Å². The fourth-order valence-electron chi connectivity index (χ4n) is 2.12. The minimum atomic E-state index is -0.758. The number of piperidine rings is 1. The summed E-state index contributed by atoms with van der Waals surface area (Å²) in [5.41, 5.74) is 0.0226. The third-order valence-electron chi connectivity index (χ3n) is 2.99. The number of hydrogen-bond donors (Lipinski definition) is 2. The molecule has 2 amide bonds. The topological polar surface area (TPSA) is 52.6 Å². The number of urea groups is 1. The summed E-state index contributed by atoms with van der Waals surface area (Å²) < 4.78 is 0. The molecule has 1 unspecified atom stereocenters. The highest BCUT2D eigenvalue weighted by Gasteiger charge is 2.30. The molecule has 1 fully saturated rings. The molecule has 1 aromatic carbocycles. The molecule has 1 aliphatic heterocycles. The summed E-state index contributed by atoms with van der Waals surface area (Å²) in [6, 6.07) is 9.21. The highest BCUT2D eigenvalue weighted by Crippen LogP contribution is 2.20. The zero-order valence-electron chi connectivity index (χ0n) is 10.0. The highest BCUT2D eigenvalue weighted by atomic mass is 16.3. The van der Waals surface area contributed by atoms with Crippen LogP contribution in [0.15, 0.2) is 30.3 Å². The Morgan fingerprint density at radius 2 is 2.12 bits per heavy atom. The molecule has 1 aromatic rings. The molecule has 0 aromatic heterocycles. The van der Waals surface area contributed by atoms with E-state index < -0.39 is 5.60 Å². The van der Waals surface area contributed by atoms with Crippen LogP contribution in [0, 0.1) is 0 Å². The molecule has 92 valence electrons. The lowest BCUT2D eigenvalue weighted by molar-refractivity contribution is -0.000634. The van der Waals surface area contributed by atoms with Crippen molar-refractivity contribution in [2.45, 2.75) is 25.4 Å². The standard InChI is InChI=1S/C13H18N2O2/c1-13(17)8-5-9-15(10-13)12(16)14-11-6-3-2-4-7-11/h2-4,6-7,17H,5,8-10H2,1H3,(H,14,16). The van der Waals surface area contributed by atoms with Crippen LogP contribution in [0.25, 0.3) is 0 Å². The summed E-state index contributed by atoms with van der Waals surface area (Å²) in [6.07, 6.45) is 1.59. The molecule has 4 heteroatoms. The maximum absolute atomic E-state index is 12.0. The van der Waals surface area contributed by atoms with Crippen molar-refractivity contribution in [3.63, 3.8) is 0 Å². The first-order valence-electron chi connectivity index (χ1n) is 5.90. The number of rotatable bonds is 1. The molecule has 0 spiro atoms. The Balaban J connectivity index is 1.96. The van der Waals surface area contributed by atoms with Crippen LogP contribution in [0.1, 0.15) is 19.8 Å². The number of nitrogens with zero attached hydrogens (tertiary/aromatic N) is 1. The average molecular weight is 234 g/mol. The number of carbonyl (C=O) groups is 1. The molecular formula is C13H18N2O2. The number of β-amino-alcohol motifs (C(OH)–C–C–N with tert-alkyl or cyclic N) is 1. The van der Waals surface area contributed by atoms with Gasteiger partial charge in [-0.3, -0.25) is 0 Å². The normalized spacial score (nSPS) is 24.5. The fourth-order valence-corrected chi connectivity index (χ4v) is 2.12. The van der Waals surface area contributed by atoms with E-state index in [1.54, 1.807) is 11.8 Å². The number of benzene rings is 1. The minimum Gasteiger partial charge on any atom is -0.388 e. The van der Waals surface area contributed by atoms with Gasteiger partial charge in [-0.05, 0) is 31.9 Å². The lowest BCUT2D eigenvalue weighted by Gasteiger charge is -2.36. The number of anilines is 1. The molecule has 17 heavy (non-hydrogen) atoms. The number of likely N-dealkylation sites (tertiary alicyclic amines) is 1. The Morgan fingerprint density at radius 1 is 1.41 bits per heavy atom. The third-order valence-corrected chi connectivity index (χ3v) is 2.99. The first-order chi connectivity index (χ1) is 8.07.